The zero-order valence-electron chi connectivity index (χ0n) is 17.7. The Morgan fingerprint density at radius 2 is 2.17 bits per heavy atom. The second-order valence-electron chi connectivity index (χ2n) is 6.91. The van der Waals surface area contributed by atoms with Crippen molar-refractivity contribution in [1.82, 2.24) is 30.4 Å². The molecule has 1 aliphatic rings. The molecule has 0 bridgehead atoms. The maximum absolute atomic E-state index is 5.14. The van der Waals surface area contributed by atoms with E-state index in [0.717, 1.165) is 62.9 Å². The van der Waals surface area contributed by atoms with E-state index in [2.05, 4.69) is 41.5 Å². The summed E-state index contributed by atoms with van der Waals surface area (Å²) in [5, 5.41) is 12.6. The number of aliphatic imine (C=N–C) groups is 1. The number of ether oxygens (including phenoxy) is 1. The minimum Gasteiger partial charge on any atom is -0.377 e. The highest BCUT2D eigenvalue weighted by molar-refractivity contribution is 14.0. The molecule has 0 spiro atoms. The number of guanidine groups is 1. The molecule has 0 aliphatic carbocycles. The van der Waals surface area contributed by atoms with E-state index in [-0.39, 0.29) is 30.0 Å². The molecule has 0 amide bonds. The number of halogens is 1. The van der Waals surface area contributed by atoms with Crippen LogP contribution in [0.4, 0.5) is 0 Å². The number of hydrogen-bond donors (Lipinski definition) is 2. The second-order valence-corrected chi connectivity index (χ2v) is 8.20. The van der Waals surface area contributed by atoms with Crippen molar-refractivity contribution in [2.75, 3.05) is 20.2 Å². The van der Waals surface area contributed by atoms with Crippen molar-refractivity contribution in [2.45, 2.75) is 65.6 Å². The smallest absolute Gasteiger partial charge is 0.191 e. The highest BCUT2D eigenvalue weighted by Crippen LogP contribution is 2.18. The SMILES string of the molecule is CCNC(=NCCc1nc(CC)c(C)s1)NC1CCc2nc(COC)nn2C1.I. The van der Waals surface area contributed by atoms with Gasteiger partial charge in [0.15, 0.2) is 11.8 Å². The van der Waals surface area contributed by atoms with Crippen LogP contribution in [0.5, 0.6) is 0 Å². The predicted octanol–water partition coefficient (Wildman–Crippen LogP) is 2.48. The van der Waals surface area contributed by atoms with Gasteiger partial charge in [0, 0.05) is 44.0 Å². The third-order valence-electron chi connectivity index (χ3n) is 4.73. The number of thiazole rings is 1. The van der Waals surface area contributed by atoms with Crippen LogP contribution in [0.1, 0.15) is 47.5 Å². The Kier molecular flexibility index (Phi) is 9.76. The molecular weight excluding hydrogens is 501 g/mol. The van der Waals surface area contributed by atoms with Crippen molar-refractivity contribution >= 4 is 41.3 Å². The number of nitrogens with one attached hydrogen (secondary N) is 2. The fourth-order valence-electron chi connectivity index (χ4n) is 3.37. The number of aryl methyl sites for hydroxylation is 3. The summed E-state index contributed by atoms with van der Waals surface area (Å²) in [5.41, 5.74) is 1.22. The molecule has 0 radical (unpaired) electrons. The fourth-order valence-corrected chi connectivity index (χ4v) is 4.38. The average Bonchev–Trinajstić information content (AvgIpc) is 3.24. The monoisotopic (exact) mass is 533 g/mol. The van der Waals surface area contributed by atoms with Crippen LogP contribution in [-0.2, 0) is 37.2 Å². The Balaban J connectivity index is 0.00000300. The molecule has 2 aromatic rings. The first-order chi connectivity index (χ1) is 13.6. The van der Waals surface area contributed by atoms with Crippen molar-refractivity contribution in [3.05, 3.63) is 27.2 Å². The molecule has 0 saturated heterocycles. The van der Waals surface area contributed by atoms with Gasteiger partial charge in [-0.1, -0.05) is 6.92 Å². The van der Waals surface area contributed by atoms with Gasteiger partial charge in [-0.25, -0.2) is 14.6 Å². The second kappa shape index (κ2) is 11.8. The highest BCUT2D eigenvalue weighted by Gasteiger charge is 2.22. The van der Waals surface area contributed by atoms with Crippen molar-refractivity contribution in [3.63, 3.8) is 0 Å². The van der Waals surface area contributed by atoms with Gasteiger partial charge in [-0.2, -0.15) is 5.10 Å². The van der Waals surface area contributed by atoms with E-state index in [1.54, 1.807) is 18.4 Å². The van der Waals surface area contributed by atoms with E-state index in [4.69, 9.17) is 14.7 Å². The van der Waals surface area contributed by atoms with E-state index >= 15 is 0 Å². The lowest BCUT2D eigenvalue weighted by molar-refractivity contribution is 0.177. The van der Waals surface area contributed by atoms with Crippen LogP contribution >= 0.6 is 35.3 Å². The van der Waals surface area contributed by atoms with Gasteiger partial charge in [-0.15, -0.1) is 35.3 Å². The molecule has 29 heavy (non-hydrogen) atoms. The highest BCUT2D eigenvalue weighted by atomic mass is 127. The standard InChI is InChI=1S/C19H31N7OS.HI/c1-5-15-13(3)28-18(23-15)9-10-21-19(20-6-2)22-14-7-8-17-24-16(12-27-4)25-26(17)11-14;/h14H,5-12H2,1-4H3,(H2,20,21,22);1H. The molecule has 1 aliphatic heterocycles. The summed E-state index contributed by atoms with van der Waals surface area (Å²) in [6.45, 7) is 9.20. The van der Waals surface area contributed by atoms with Crippen molar-refractivity contribution in [1.29, 1.82) is 0 Å². The predicted molar refractivity (Wildman–Crippen MR) is 127 cm³/mol. The number of hydrogen-bond acceptors (Lipinski definition) is 6. The minimum absolute atomic E-state index is 0. The molecule has 2 aromatic heterocycles. The van der Waals surface area contributed by atoms with E-state index < -0.39 is 0 Å². The molecule has 0 saturated carbocycles. The van der Waals surface area contributed by atoms with Crippen LogP contribution in [0.25, 0.3) is 0 Å². The molecule has 3 rings (SSSR count). The summed E-state index contributed by atoms with van der Waals surface area (Å²) < 4.78 is 7.13. The summed E-state index contributed by atoms with van der Waals surface area (Å²) in [7, 11) is 1.67. The van der Waals surface area contributed by atoms with Gasteiger partial charge in [0.2, 0.25) is 0 Å². The van der Waals surface area contributed by atoms with Gasteiger partial charge >= 0.3 is 0 Å². The number of aromatic nitrogens is 4. The zero-order chi connectivity index (χ0) is 19.9. The fraction of sp³-hybridized carbons (Fsp3) is 0.684. The summed E-state index contributed by atoms with van der Waals surface area (Å²) in [4.78, 5) is 15.3. The van der Waals surface area contributed by atoms with Gasteiger partial charge in [-0.3, -0.25) is 4.99 Å². The molecule has 2 N–H and O–H groups in total. The van der Waals surface area contributed by atoms with Gasteiger partial charge in [0.1, 0.15) is 12.4 Å². The van der Waals surface area contributed by atoms with Crippen LogP contribution in [0.15, 0.2) is 4.99 Å². The lowest BCUT2D eigenvalue weighted by Crippen LogP contribution is -2.47. The first-order valence-corrected chi connectivity index (χ1v) is 10.9. The van der Waals surface area contributed by atoms with Crippen LogP contribution in [0, 0.1) is 6.92 Å². The maximum atomic E-state index is 5.14. The Morgan fingerprint density at radius 1 is 1.34 bits per heavy atom. The maximum Gasteiger partial charge on any atom is 0.191 e. The molecule has 10 heteroatoms. The molecule has 0 fully saturated rings. The Morgan fingerprint density at radius 3 is 2.86 bits per heavy atom. The minimum atomic E-state index is 0. The number of methoxy groups -OCH3 is 1. The lowest BCUT2D eigenvalue weighted by atomic mass is 10.1. The first kappa shape index (κ1) is 24.0. The average molecular weight is 533 g/mol. The van der Waals surface area contributed by atoms with Crippen LogP contribution in [0.3, 0.4) is 0 Å². The normalized spacial score (nSPS) is 16.3. The summed E-state index contributed by atoms with van der Waals surface area (Å²) >= 11 is 1.79. The summed E-state index contributed by atoms with van der Waals surface area (Å²) in [6, 6.07) is 0.288. The Hall–Kier alpha value is -1.27. The summed E-state index contributed by atoms with van der Waals surface area (Å²) in [6.07, 6.45) is 3.79. The van der Waals surface area contributed by atoms with Crippen LogP contribution in [0.2, 0.25) is 0 Å². The van der Waals surface area contributed by atoms with Crippen molar-refractivity contribution in [3.8, 4) is 0 Å². The zero-order valence-corrected chi connectivity index (χ0v) is 20.8. The third kappa shape index (κ3) is 6.61. The van der Waals surface area contributed by atoms with Gasteiger partial charge in [0.25, 0.3) is 0 Å². The quantitative estimate of drug-likeness (QED) is 0.308. The van der Waals surface area contributed by atoms with Gasteiger partial charge in [0.05, 0.1) is 17.2 Å². The number of fused-ring (bicyclic) bond motifs is 1. The van der Waals surface area contributed by atoms with E-state index in [1.807, 2.05) is 4.68 Å². The van der Waals surface area contributed by atoms with Gasteiger partial charge < -0.3 is 15.4 Å². The van der Waals surface area contributed by atoms with Crippen molar-refractivity contribution < 1.29 is 4.74 Å². The molecule has 1 unspecified atom stereocenters. The van der Waals surface area contributed by atoms with Gasteiger partial charge in [-0.05, 0) is 26.7 Å². The lowest BCUT2D eigenvalue weighted by Gasteiger charge is -2.25. The Labute approximate surface area is 194 Å². The third-order valence-corrected chi connectivity index (χ3v) is 5.80. The molecular formula is C19H32IN7OS. The first-order valence-electron chi connectivity index (χ1n) is 10.0. The molecule has 162 valence electrons. The molecule has 8 nitrogen and oxygen atoms in total. The summed E-state index contributed by atoms with van der Waals surface area (Å²) in [5.74, 6) is 2.65. The van der Waals surface area contributed by atoms with E-state index in [0.29, 0.717) is 6.61 Å². The molecule has 3 heterocycles. The van der Waals surface area contributed by atoms with Crippen LogP contribution < -0.4 is 10.6 Å². The van der Waals surface area contributed by atoms with Crippen LogP contribution in [-0.4, -0.2) is 51.9 Å². The van der Waals surface area contributed by atoms with Crippen molar-refractivity contribution in [2.24, 2.45) is 4.99 Å². The van der Waals surface area contributed by atoms with E-state index in [1.165, 1.54) is 15.6 Å². The Bertz CT molecular complexity index is 805. The number of nitrogens with zero attached hydrogens (tertiary/aromatic N) is 5. The largest absolute Gasteiger partial charge is 0.377 e. The number of rotatable bonds is 8. The van der Waals surface area contributed by atoms with E-state index in [9.17, 15) is 0 Å². The molecule has 1 atom stereocenters. The topological polar surface area (TPSA) is 89.2 Å². The molecule has 0 aromatic carbocycles.